The molecule has 1 aromatic carbocycles. The van der Waals surface area contributed by atoms with Crippen molar-refractivity contribution < 1.29 is 39.2 Å². The molecule has 0 aliphatic heterocycles. The normalized spacial score (nSPS) is 25.6. The van der Waals surface area contributed by atoms with Crippen LogP contribution in [0.2, 0.25) is 0 Å². The number of halogens is 1. The zero-order valence-electron chi connectivity index (χ0n) is 23.7. The number of ketones is 2. The van der Waals surface area contributed by atoms with E-state index < -0.39 is 64.0 Å². The van der Waals surface area contributed by atoms with Crippen LogP contribution in [-0.2, 0) is 27.3 Å². The summed E-state index contributed by atoms with van der Waals surface area (Å²) in [5.41, 5.74) is 3.54. The maximum Gasteiger partial charge on any atom is 0.255 e. The van der Waals surface area contributed by atoms with Gasteiger partial charge in [-0.25, -0.2) is 4.98 Å². The molecule has 222 valence electrons. The van der Waals surface area contributed by atoms with E-state index in [0.29, 0.717) is 28.8 Å². The molecule has 6 N–H and O–H groups in total. The van der Waals surface area contributed by atoms with Gasteiger partial charge in [-0.1, -0.05) is 6.92 Å². The Hall–Kier alpha value is -4.13. The van der Waals surface area contributed by atoms with Gasteiger partial charge in [-0.05, 0) is 75.8 Å². The van der Waals surface area contributed by atoms with E-state index in [-0.39, 0.29) is 36.3 Å². The first-order valence-corrected chi connectivity index (χ1v) is 13.6. The van der Waals surface area contributed by atoms with Gasteiger partial charge in [0.25, 0.3) is 5.91 Å². The summed E-state index contributed by atoms with van der Waals surface area (Å²) in [6.45, 7) is 2.85. The molecule has 11 nitrogen and oxygen atoms in total. The molecule has 42 heavy (non-hydrogen) atoms. The number of hydrogen-bond acceptors (Lipinski definition) is 10. The van der Waals surface area contributed by atoms with Gasteiger partial charge in [0.1, 0.15) is 22.8 Å². The molecule has 0 saturated heterocycles. The molecule has 1 saturated carbocycles. The molecule has 3 aliphatic rings. The zero-order valence-corrected chi connectivity index (χ0v) is 23.7. The number of fused-ring (bicyclic) bond motifs is 3. The van der Waals surface area contributed by atoms with Crippen molar-refractivity contribution in [3.05, 3.63) is 63.9 Å². The minimum absolute atomic E-state index is 0.0207. The smallest absolute Gasteiger partial charge is 0.255 e. The second-order valence-corrected chi connectivity index (χ2v) is 11.4. The van der Waals surface area contributed by atoms with Crippen LogP contribution < -0.4 is 5.73 Å². The number of phenolic OH excluding ortho intramolecular Hbond substituents is 1. The number of primary amides is 1. The molecule has 1 heterocycles. The summed E-state index contributed by atoms with van der Waals surface area (Å²) < 4.78 is 13.7. The predicted octanol–water partition coefficient (Wildman–Crippen LogP) is 1.62. The van der Waals surface area contributed by atoms with Crippen molar-refractivity contribution in [1.29, 1.82) is 0 Å². The fraction of sp³-hybridized carbons (Fsp3) is 0.400. The topological polar surface area (TPSA) is 178 Å². The monoisotopic (exact) mass is 580 g/mol. The van der Waals surface area contributed by atoms with Crippen LogP contribution in [0.3, 0.4) is 0 Å². The number of hydrogen-bond donors (Lipinski definition) is 5. The van der Waals surface area contributed by atoms with Gasteiger partial charge in [-0.3, -0.25) is 19.3 Å². The van der Waals surface area contributed by atoms with Crippen molar-refractivity contribution >= 4 is 23.2 Å². The molecule has 3 aliphatic carbocycles. The summed E-state index contributed by atoms with van der Waals surface area (Å²) >= 11 is 0. The van der Waals surface area contributed by atoms with Gasteiger partial charge in [-0.15, -0.1) is 0 Å². The number of rotatable bonds is 6. The molecule has 2 aromatic rings. The minimum Gasteiger partial charge on any atom is -0.508 e. The molecule has 5 rings (SSSR count). The lowest BCUT2D eigenvalue weighted by Crippen LogP contribution is -2.65. The number of phenols is 1. The van der Waals surface area contributed by atoms with E-state index in [9.17, 15) is 39.2 Å². The first kappa shape index (κ1) is 29.4. The van der Waals surface area contributed by atoms with E-state index in [0.717, 1.165) is 0 Å². The third-order valence-electron chi connectivity index (χ3n) is 8.82. The molecule has 1 fully saturated rings. The van der Waals surface area contributed by atoms with Gasteiger partial charge >= 0.3 is 0 Å². The first-order valence-electron chi connectivity index (χ1n) is 13.6. The highest BCUT2D eigenvalue weighted by molar-refractivity contribution is 6.24. The average Bonchev–Trinajstić information content (AvgIpc) is 2.92. The number of likely N-dealkylation sites (N-methyl/N-ethyl adjacent to an activating group) is 1. The van der Waals surface area contributed by atoms with Gasteiger partial charge in [0.15, 0.2) is 11.4 Å². The second kappa shape index (κ2) is 10.3. The molecule has 0 spiro atoms. The third-order valence-corrected chi connectivity index (χ3v) is 8.82. The predicted molar refractivity (Wildman–Crippen MR) is 149 cm³/mol. The number of nitrogens with two attached hydrogens (primary N) is 1. The van der Waals surface area contributed by atoms with Gasteiger partial charge in [0.2, 0.25) is 11.7 Å². The molecular weight excluding hydrogens is 547 g/mol. The lowest BCUT2D eigenvalue weighted by molar-refractivity contribution is -0.153. The lowest BCUT2D eigenvalue weighted by Gasteiger charge is -2.50. The highest BCUT2D eigenvalue weighted by Gasteiger charge is 2.64. The van der Waals surface area contributed by atoms with Crippen molar-refractivity contribution in [2.75, 3.05) is 27.7 Å². The van der Waals surface area contributed by atoms with Crippen LogP contribution in [0.15, 0.2) is 41.3 Å². The number of amides is 1. The number of aromatic nitrogens is 1. The molecular formula is C30H33FN4O7. The Morgan fingerprint density at radius 3 is 2.45 bits per heavy atom. The van der Waals surface area contributed by atoms with Crippen molar-refractivity contribution in [1.82, 2.24) is 14.8 Å². The number of aliphatic hydroxyl groups is 3. The Labute approximate surface area is 241 Å². The van der Waals surface area contributed by atoms with Crippen LogP contribution in [0.4, 0.5) is 4.39 Å². The number of aromatic hydroxyl groups is 1. The summed E-state index contributed by atoms with van der Waals surface area (Å²) in [5, 5.41) is 45.9. The van der Waals surface area contributed by atoms with Gasteiger partial charge in [0.05, 0.1) is 11.6 Å². The van der Waals surface area contributed by atoms with Gasteiger partial charge in [0, 0.05) is 35.4 Å². The Balaban J connectivity index is 1.77. The Bertz CT molecular complexity index is 1580. The van der Waals surface area contributed by atoms with Crippen LogP contribution in [0.1, 0.15) is 30.0 Å². The van der Waals surface area contributed by atoms with E-state index in [4.69, 9.17) is 5.73 Å². The van der Waals surface area contributed by atoms with Crippen molar-refractivity contribution in [3.8, 4) is 16.9 Å². The number of Topliss-reactive ketones (excluding diaryl/α,β-unsaturated/α-hetero) is 2. The number of pyridine rings is 1. The summed E-state index contributed by atoms with van der Waals surface area (Å²) in [5.74, 6) is -7.78. The Morgan fingerprint density at radius 2 is 1.88 bits per heavy atom. The minimum atomic E-state index is -2.72. The number of benzene rings is 1. The van der Waals surface area contributed by atoms with Crippen molar-refractivity contribution in [3.63, 3.8) is 0 Å². The third kappa shape index (κ3) is 4.20. The standard InChI is InChI=1S/C30H33FN4O7/c1-5-35(4)12-15-9-16(13-6-7-19(31)33-11-13)17-8-14-10-18-23(34(2)3)26(38)22(29(32)41)28(40)30(18,42)27(39)20(14)25(37)21(17)24(15)36/h6-7,9,11,14,18,23,36-37,40,42H,5,8,10,12H2,1-4H3,(H2,32,41)/t14-,18-,23-,30-/m0/s1. The zero-order chi connectivity index (χ0) is 30.8. The maximum absolute atomic E-state index is 14.1. The van der Waals surface area contributed by atoms with Gasteiger partial charge < -0.3 is 31.1 Å². The SMILES string of the molecule is CCN(C)Cc1cc(-c2ccc(F)nc2)c2c(c1O)C(O)=C1C(=O)[C@]3(O)C(O)=C(C(N)=O)C(=O)[C@@H](N(C)C)[C@@H]3C[C@@H]1C2. The highest BCUT2D eigenvalue weighted by Crippen LogP contribution is 2.54. The van der Waals surface area contributed by atoms with Crippen molar-refractivity contribution in [2.45, 2.75) is 38.0 Å². The van der Waals surface area contributed by atoms with E-state index in [1.165, 1.54) is 23.2 Å². The summed E-state index contributed by atoms with van der Waals surface area (Å²) in [4.78, 5) is 46.7. The summed E-state index contributed by atoms with van der Waals surface area (Å²) in [6.07, 6.45) is 1.42. The van der Waals surface area contributed by atoms with E-state index in [2.05, 4.69) is 4.98 Å². The van der Waals surface area contributed by atoms with E-state index >= 15 is 0 Å². The van der Waals surface area contributed by atoms with E-state index in [1.807, 2.05) is 18.9 Å². The largest absolute Gasteiger partial charge is 0.508 e. The molecule has 1 aromatic heterocycles. The molecule has 1 amide bonds. The quantitative estimate of drug-likeness (QED) is 0.249. The summed E-state index contributed by atoms with van der Waals surface area (Å²) in [6, 6.07) is 3.29. The Kier molecular flexibility index (Phi) is 7.20. The molecule has 0 unspecified atom stereocenters. The van der Waals surface area contributed by atoms with E-state index in [1.54, 1.807) is 20.2 Å². The number of nitrogens with zero attached hydrogens (tertiary/aromatic N) is 3. The fourth-order valence-electron chi connectivity index (χ4n) is 6.68. The second-order valence-electron chi connectivity index (χ2n) is 11.4. The number of carbonyl (C=O) groups excluding carboxylic acids is 3. The van der Waals surface area contributed by atoms with Gasteiger partial charge in [-0.2, -0.15) is 4.39 Å². The van der Waals surface area contributed by atoms with Crippen LogP contribution in [0, 0.1) is 17.8 Å². The molecule has 0 bridgehead atoms. The molecule has 0 radical (unpaired) electrons. The van der Waals surface area contributed by atoms with Crippen LogP contribution in [-0.4, -0.2) is 92.0 Å². The average molecular weight is 581 g/mol. The number of aliphatic hydroxyl groups excluding tert-OH is 2. The number of carbonyl (C=O) groups is 3. The lowest BCUT2D eigenvalue weighted by atomic mass is 9.57. The van der Waals surface area contributed by atoms with Crippen LogP contribution in [0.25, 0.3) is 16.9 Å². The summed E-state index contributed by atoms with van der Waals surface area (Å²) in [7, 11) is 4.92. The fourth-order valence-corrected chi connectivity index (χ4v) is 6.68. The van der Waals surface area contributed by atoms with Crippen molar-refractivity contribution in [2.24, 2.45) is 17.6 Å². The van der Waals surface area contributed by atoms with Crippen LogP contribution in [0.5, 0.6) is 5.75 Å². The molecule has 12 heteroatoms. The Morgan fingerprint density at radius 1 is 1.19 bits per heavy atom. The maximum atomic E-state index is 14.1. The highest BCUT2D eigenvalue weighted by atomic mass is 19.1. The van der Waals surface area contributed by atoms with Crippen LogP contribution >= 0.6 is 0 Å². The first-order chi connectivity index (χ1) is 19.7. The molecule has 4 atom stereocenters.